The first-order chi connectivity index (χ1) is 8.48. The molecule has 6 nitrogen and oxygen atoms in total. The molecule has 2 saturated heterocycles. The van der Waals surface area contributed by atoms with Gasteiger partial charge in [0, 0.05) is 18.3 Å². The zero-order valence-corrected chi connectivity index (χ0v) is 10.9. The maximum atomic E-state index is 12.1. The molecule has 18 heavy (non-hydrogen) atoms. The number of amides is 4. The summed E-state index contributed by atoms with van der Waals surface area (Å²) in [5.41, 5.74) is -0.947. The number of nitrogens with one attached hydrogen (secondary N) is 2. The van der Waals surface area contributed by atoms with E-state index in [1.165, 1.54) is 0 Å². The largest absolute Gasteiger partial charge is 0.340 e. The highest BCUT2D eigenvalue weighted by Crippen LogP contribution is 2.25. The summed E-state index contributed by atoms with van der Waals surface area (Å²) in [6.07, 6.45) is 1.25. The molecule has 2 aliphatic heterocycles. The van der Waals surface area contributed by atoms with Gasteiger partial charge in [-0.15, -0.1) is 11.6 Å². The summed E-state index contributed by atoms with van der Waals surface area (Å²) < 4.78 is 0. The Morgan fingerprint density at radius 2 is 2.28 bits per heavy atom. The van der Waals surface area contributed by atoms with Crippen molar-refractivity contribution in [3.63, 3.8) is 0 Å². The number of nitrogens with zero attached hydrogens (tertiary/aromatic N) is 1. The van der Waals surface area contributed by atoms with E-state index in [1.807, 2.05) is 0 Å². The zero-order valence-electron chi connectivity index (χ0n) is 10.2. The number of imide groups is 1. The highest BCUT2D eigenvalue weighted by Gasteiger charge is 2.49. The lowest BCUT2D eigenvalue weighted by molar-refractivity contribution is -0.138. The molecule has 2 unspecified atom stereocenters. The van der Waals surface area contributed by atoms with Crippen LogP contribution in [0.1, 0.15) is 19.8 Å². The van der Waals surface area contributed by atoms with Gasteiger partial charge in [0.1, 0.15) is 5.54 Å². The van der Waals surface area contributed by atoms with Crippen LogP contribution in [0.4, 0.5) is 4.79 Å². The fraction of sp³-hybridized carbons (Fsp3) is 0.727. The first-order valence-corrected chi connectivity index (χ1v) is 6.50. The zero-order chi connectivity index (χ0) is 13.3. The Kier molecular flexibility index (Phi) is 3.47. The molecule has 0 radical (unpaired) electrons. The Balaban J connectivity index is 2.12. The van der Waals surface area contributed by atoms with Crippen molar-refractivity contribution in [2.24, 2.45) is 5.92 Å². The number of piperidine rings is 1. The first kappa shape index (κ1) is 13.1. The molecule has 0 aromatic carbocycles. The van der Waals surface area contributed by atoms with E-state index in [4.69, 9.17) is 11.6 Å². The van der Waals surface area contributed by atoms with Crippen LogP contribution >= 0.6 is 11.6 Å². The van der Waals surface area contributed by atoms with E-state index in [1.54, 1.807) is 11.8 Å². The van der Waals surface area contributed by atoms with Gasteiger partial charge >= 0.3 is 6.03 Å². The fourth-order valence-electron chi connectivity index (χ4n) is 2.44. The van der Waals surface area contributed by atoms with Gasteiger partial charge in [-0.1, -0.05) is 6.92 Å². The van der Waals surface area contributed by atoms with Crippen LogP contribution in [0, 0.1) is 5.92 Å². The number of likely N-dealkylation sites (tertiary alicyclic amines) is 1. The smallest absolute Gasteiger partial charge is 0.322 e. The third-order valence-corrected chi connectivity index (χ3v) is 3.93. The highest BCUT2D eigenvalue weighted by atomic mass is 35.5. The number of rotatable bonds is 2. The van der Waals surface area contributed by atoms with E-state index < -0.39 is 11.6 Å². The van der Waals surface area contributed by atoms with Crippen molar-refractivity contribution in [2.75, 3.05) is 19.0 Å². The lowest BCUT2D eigenvalue weighted by atomic mass is 9.88. The summed E-state index contributed by atoms with van der Waals surface area (Å²) in [7, 11) is 0. The summed E-state index contributed by atoms with van der Waals surface area (Å²) in [5.74, 6) is -0.440. The molecule has 0 aromatic rings. The number of hydrogen-bond donors (Lipinski definition) is 2. The van der Waals surface area contributed by atoms with Crippen LogP contribution in [0.2, 0.25) is 0 Å². The quantitative estimate of drug-likeness (QED) is 0.552. The molecule has 2 N–H and O–H groups in total. The monoisotopic (exact) mass is 273 g/mol. The van der Waals surface area contributed by atoms with Crippen molar-refractivity contribution in [1.82, 2.24) is 15.5 Å². The van der Waals surface area contributed by atoms with Crippen LogP contribution in [0.3, 0.4) is 0 Å². The van der Waals surface area contributed by atoms with Crippen molar-refractivity contribution in [2.45, 2.75) is 25.3 Å². The number of halogens is 1. The van der Waals surface area contributed by atoms with Crippen LogP contribution < -0.4 is 10.6 Å². The standard InChI is InChI=1S/C11H16ClN3O3/c1-7(5-12)8(16)15-4-2-3-11(6-15)9(17)13-10(18)14-11/h7H,2-6H2,1H3,(H2,13,14,17,18). The molecule has 100 valence electrons. The second-order valence-electron chi connectivity index (χ2n) is 4.91. The van der Waals surface area contributed by atoms with Crippen LogP contribution in [-0.2, 0) is 9.59 Å². The van der Waals surface area contributed by atoms with E-state index in [2.05, 4.69) is 10.6 Å². The van der Waals surface area contributed by atoms with Crippen LogP contribution in [0.5, 0.6) is 0 Å². The summed E-state index contributed by atoms with van der Waals surface area (Å²) in [6.45, 7) is 2.58. The molecule has 1 spiro atoms. The van der Waals surface area contributed by atoms with E-state index in [0.717, 1.165) is 0 Å². The summed E-state index contributed by atoms with van der Waals surface area (Å²) >= 11 is 5.67. The first-order valence-electron chi connectivity index (χ1n) is 5.97. The molecule has 2 heterocycles. The summed E-state index contributed by atoms with van der Waals surface area (Å²) in [6, 6.07) is -0.486. The average Bonchev–Trinajstić information content (AvgIpc) is 2.62. The highest BCUT2D eigenvalue weighted by molar-refractivity contribution is 6.19. The van der Waals surface area contributed by atoms with Crippen molar-refractivity contribution in [1.29, 1.82) is 0 Å². The second-order valence-corrected chi connectivity index (χ2v) is 5.22. The number of carbonyl (C=O) groups excluding carboxylic acids is 3. The Labute approximate surface area is 110 Å². The molecule has 2 atom stereocenters. The number of urea groups is 1. The Morgan fingerprint density at radius 1 is 1.56 bits per heavy atom. The minimum Gasteiger partial charge on any atom is -0.340 e. The lowest BCUT2D eigenvalue weighted by Gasteiger charge is -2.38. The molecule has 4 amide bonds. The van der Waals surface area contributed by atoms with E-state index in [0.29, 0.717) is 19.4 Å². The number of alkyl halides is 1. The topological polar surface area (TPSA) is 78.5 Å². The molecule has 0 bridgehead atoms. The normalized spacial score (nSPS) is 29.1. The SMILES string of the molecule is CC(CCl)C(=O)N1CCCC2(C1)NC(=O)NC2=O. The number of carbonyl (C=O) groups is 3. The number of hydrogen-bond acceptors (Lipinski definition) is 3. The van der Waals surface area contributed by atoms with Gasteiger partial charge in [0.15, 0.2) is 0 Å². The second kappa shape index (κ2) is 4.76. The van der Waals surface area contributed by atoms with Gasteiger partial charge in [-0.2, -0.15) is 0 Å². The molecule has 2 rings (SSSR count). The third-order valence-electron chi connectivity index (χ3n) is 3.47. The van der Waals surface area contributed by atoms with Crippen LogP contribution in [0.15, 0.2) is 0 Å². The molecule has 0 aliphatic carbocycles. The van der Waals surface area contributed by atoms with Gasteiger partial charge in [-0.05, 0) is 12.8 Å². The van der Waals surface area contributed by atoms with Crippen molar-refractivity contribution < 1.29 is 14.4 Å². The summed E-state index contributed by atoms with van der Waals surface area (Å²) in [4.78, 5) is 36.7. The molecular weight excluding hydrogens is 258 g/mol. The minimum absolute atomic E-state index is 0.0713. The minimum atomic E-state index is -0.947. The summed E-state index contributed by atoms with van der Waals surface area (Å²) in [5, 5.41) is 4.86. The van der Waals surface area contributed by atoms with Gasteiger partial charge in [0.2, 0.25) is 5.91 Å². The Morgan fingerprint density at radius 3 is 2.83 bits per heavy atom. The molecular formula is C11H16ClN3O3. The molecule has 2 fully saturated rings. The maximum absolute atomic E-state index is 12.1. The van der Waals surface area contributed by atoms with Gasteiger partial charge < -0.3 is 10.2 Å². The third kappa shape index (κ3) is 2.16. The van der Waals surface area contributed by atoms with Crippen LogP contribution in [0.25, 0.3) is 0 Å². The van der Waals surface area contributed by atoms with Crippen LogP contribution in [-0.4, -0.2) is 47.3 Å². The molecule has 0 saturated carbocycles. The van der Waals surface area contributed by atoms with Gasteiger partial charge in [-0.25, -0.2) is 4.79 Å². The van der Waals surface area contributed by atoms with Gasteiger partial charge in [-0.3, -0.25) is 14.9 Å². The van der Waals surface area contributed by atoms with Crippen molar-refractivity contribution in [3.8, 4) is 0 Å². The maximum Gasteiger partial charge on any atom is 0.322 e. The van der Waals surface area contributed by atoms with E-state index in [-0.39, 0.29) is 30.2 Å². The van der Waals surface area contributed by atoms with Crippen molar-refractivity contribution >= 4 is 29.4 Å². The Bertz CT molecular complexity index is 401. The van der Waals surface area contributed by atoms with Crippen molar-refractivity contribution in [3.05, 3.63) is 0 Å². The van der Waals surface area contributed by atoms with E-state index >= 15 is 0 Å². The predicted molar refractivity (Wildman–Crippen MR) is 65.1 cm³/mol. The van der Waals surface area contributed by atoms with E-state index in [9.17, 15) is 14.4 Å². The molecule has 7 heteroatoms. The lowest BCUT2D eigenvalue weighted by Crippen LogP contribution is -2.60. The molecule has 0 aromatic heterocycles. The fourth-order valence-corrected chi connectivity index (χ4v) is 2.57. The molecule has 2 aliphatic rings. The van der Waals surface area contributed by atoms with Gasteiger partial charge in [0.05, 0.1) is 6.54 Å². The predicted octanol–water partition coefficient (Wildman–Crippen LogP) is 0.0619. The van der Waals surface area contributed by atoms with Gasteiger partial charge in [0.25, 0.3) is 5.91 Å². The Hall–Kier alpha value is -1.30. The average molecular weight is 274 g/mol.